The summed E-state index contributed by atoms with van der Waals surface area (Å²) in [4.78, 5) is 8.54. The van der Waals surface area contributed by atoms with Crippen LogP contribution in [0.5, 0.6) is 0 Å². The summed E-state index contributed by atoms with van der Waals surface area (Å²) in [7, 11) is 0. The van der Waals surface area contributed by atoms with Crippen LogP contribution in [0.4, 0.5) is 0 Å². The first-order valence-corrected chi connectivity index (χ1v) is 5.40. The molecule has 0 bridgehead atoms. The van der Waals surface area contributed by atoms with Gasteiger partial charge in [-0.3, -0.25) is 4.98 Å². The molecule has 0 saturated heterocycles. The molecule has 16 heavy (non-hydrogen) atoms. The molecule has 2 rings (SSSR count). The standard InChI is InChI=1S/C12H15N3O/c1-8(2)4-11-6-10(5-9(3)15-11)12-13-7-14-16-12/h5-8H,4H2,1-3H3. The van der Waals surface area contributed by atoms with Gasteiger partial charge in [0.25, 0.3) is 5.89 Å². The van der Waals surface area contributed by atoms with E-state index in [2.05, 4.69) is 29.0 Å². The molecule has 0 amide bonds. The van der Waals surface area contributed by atoms with Crippen LogP contribution in [0.1, 0.15) is 25.2 Å². The van der Waals surface area contributed by atoms with E-state index >= 15 is 0 Å². The van der Waals surface area contributed by atoms with E-state index in [0.717, 1.165) is 23.4 Å². The highest BCUT2D eigenvalue weighted by Crippen LogP contribution is 2.19. The number of hydrogen-bond acceptors (Lipinski definition) is 4. The lowest BCUT2D eigenvalue weighted by Gasteiger charge is -2.06. The van der Waals surface area contributed by atoms with Crippen LogP contribution >= 0.6 is 0 Å². The highest BCUT2D eigenvalue weighted by atomic mass is 16.5. The van der Waals surface area contributed by atoms with Gasteiger partial charge in [-0.15, -0.1) is 0 Å². The SMILES string of the molecule is Cc1cc(-c2ncno2)cc(CC(C)C)n1. The van der Waals surface area contributed by atoms with E-state index in [-0.39, 0.29) is 0 Å². The maximum atomic E-state index is 5.05. The molecule has 0 saturated carbocycles. The summed E-state index contributed by atoms with van der Waals surface area (Å²) < 4.78 is 5.05. The zero-order valence-corrected chi connectivity index (χ0v) is 9.77. The lowest BCUT2D eigenvalue weighted by atomic mass is 10.1. The molecule has 0 N–H and O–H groups in total. The largest absolute Gasteiger partial charge is 0.334 e. The van der Waals surface area contributed by atoms with Crippen molar-refractivity contribution in [2.75, 3.05) is 0 Å². The monoisotopic (exact) mass is 217 g/mol. The van der Waals surface area contributed by atoms with Gasteiger partial charge < -0.3 is 4.52 Å². The Kier molecular flexibility index (Phi) is 2.99. The number of aryl methyl sites for hydroxylation is 1. The van der Waals surface area contributed by atoms with E-state index < -0.39 is 0 Å². The Morgan fingerprint density at radius 2 is 2.12 bits per heavy atom. The lowest BCUT2D eigenvalue weighted by Crippen LogP contribution is -1.99. The number of nitrogens with zero attached hydrogens (tertiary/aromatic N) is 3. The Hall–Kier alpha value is -1.71. The Labute approximate surface area is 94.7 Å². The Morgan fingerprint density at radius 3 is 2.75 bits per heavy atom. The maximum Gasteiger partial charge on any atom is 0.257 e. The first-order valence-electron chi connectivity index (χ1n) is 5.40. The zero-order chi connectivity index (χ0) is 11.5. The molecule has 0 radical (unpaired) electrons. The van der Waals surface area contributed by atoms with Crippen molar-refractivity contribution in [3.05, 3.63) is 29.8 Å². The first kappa shape index (κ1) is 10.8. The van der Waals surface area contributed by atoms with Crippen molar-refractivity contribution in [1.29, 1.82) is 0 Å². The smallest absolute Gasteiger partial charge is 0.257 e. The number of hydrogen-bond donors (Lipinski definition) is 0. The summed E-state index contributed by atoms with van der Waals surface area (Å²) in [6.45, 7) is 6.33. The molecule has 0 atom stereocenters. The van der Waals surface area contributed by atoms with E-state index in [0.29, 0.717) is 11.8 Å². The second kappa shape index (κ2) is 4.43. The van der Waals surface area contributed by atoms with Crippen molar-refractivity contribution < 1.29 is 4.52 Å². The van der Waals surface area contributed by atoms with Crippen LogP contribution in [0.2, 0.25) is 0 Å². The van der Waals surface area contributed by atoms with Crippen LogP contribution in [0, 0.1) is 12.8 Å². The minimum Gasteiger partial charge on any atom is -0.334 e. The molecule has 84 valence electrons. The molecule has 2 aromatic heterocycles. The number of rotatable bonds is 3. The molecular formula is C12H15N3O. The molecule has 0 fully saturated rings. The Balaban J connectivity index is 2.36. The second-order valence-electron chi connectivity index (χ2n) is 4.33. The molecule has 0 unspecified atom stereocenters. The average Bonchev–Trinajstić information content (AvgIpc) is 2.67. The molecule has 0 aliphatic carbocycles. The summed E-state index contributed by atoms with van der Waals surface area (Å²) in [5.41, 5.74) is 3.00. The summed E-state index contributed by atoms with van der Waals surface area (Å²) in [5.74, 6) is 1.14. The van der Waals surface area contributed by atoms with Crippen LogP contribution in [-0.2, 0) is 6.42 Å². The maximum absolute atomic E-state index is 5.05. The van der Waals surface area contributed by atoms with Gasteiger partial charge in [0, 0.05) is 17.0 Å². The summed E-state index contributed by atoms with van der Waals surface area (Å²) in [6.07, 6.45) is 2.37. The van der Waals surface area contributed by atoms with Crippen molar-refractivity contribution >= 4 is 0 Å². The molecule has 0 aliphatic rings. The van der Waals surface area contributed by atoms with Gasteiger partial charge in [0.2, 0.25) is 0 Å². The van der Waals surface area contributed by atoms with E-state index in [1.54, 1.807) is 0 Å². The van der Waals surface area contributed by atoms with Crippen molar-refractivity contribution in [2.45, 2.75) is 27.2 Å². The van der Waals surface area contributed by atoms with Gasteiger partial charge in [0.1, 0.15) is 0 Å². The van der Waals surface area contributed by atoms with Crippen molar-refractivity contribution in [2.24, 2.45) is 5.92 Å². The normalized spacial score (nSPS) is 11.0. The fourth-order valence-corrected chi connectivity index (χ4v) is 1.68. The van der Waals surface area contributed by atoms with Crippen molar-refractivity contribution in [1.82, 2.24) is 15.1 Å². The van der Waals surface area contributed by atoms with E-state index in [4.69, 9.17) is 4.52 Å². The van der Waals surface area contributed by atoms with Gasteiger partial charge in [0.15, 0.2) is 6.33 Å². The molecule has 0 aliphatic heterocycles. The molecule has 0 spiro atoms. The highest BCUT2D eigenvalue weighted by Gasteiger charge is 2.08. The number of pyridine rings is 1. The minimum absolute atomic E-state index is 0.551. The predicted molar refractivity (Wildman–Crippen MR) is 60.8 cm³/mol. The molecular weight excluding hydrogens is 202 g/mol. The summed E-state index contributed by atoms with van der Waals surface area (Å²) in [5, 5.41) is 3.61. The quantitative estimate of drug-likeness (QED) is 0.793. The van der Waals surface area contributed by atoms with Crippen LogP contribution in [-0.4, -0.2) is 15.1 Å². The third-order valence-corrected chi connectivity index (χ3v) is 2.23. The van der Waals surface area contributed by atoms with Crippen molar-refractivity contribution in [3.8, 4) is 11.5 Å². The van der Waals surface area contributed by atoms with Gasteiger partial charge in [-0.1, -0.05) is 19.0 Å². The zero-order valence-electron chi connectivity index (χ0n) is 9.77. The third kappa shape index (κ3) is 2.45. The molecule has 4 nitrogen and oxygen atoms in total. The van der Waals surface area contributed by atoms with Crippen LogP contribution in [0.25, 0.3) is 11.5 Å². The molecule has 0 aromatic carbocycles. The third-order valence-electron chi connectivity index (χ3n) is 2.23. The molecule has 2 aromatic rings. The number of aromatic nitrogens is 3. The average molecular weight is 217 g/mol. The Morgan fingerprint density at radius 1 is 1.31 bits per heavy atom. The predicted octanol–water partition coefficient (Wildman–Crippen LogP) is 2.64. The van der Waals surface area contributed by atoms with E-state index in [1.807, 2.05) is 19.1 Å². The van der Waals surface area contributed by atoms with E-state index in [1.165, 1.54) is 6.33 Å². The van der Waals surface area contributed by atoms with Gasteiger partial charge >= 0.3 is 0 Å². The van der Waals surface area contributed by atoms with Gasteiger partial charge in [-0.25, -0.2) is 0 Å². The molecule has 2 heterocycles. The minimum atomic E-state index is 0.551. The summed E-state index contributed by atoms with van der Waals surface area (Å²) in [6, 6.07) is 3.97. The van der Waals surface area contributed by atoms with Crippen LogP contribution in [0.3, 0.4) is 0 Å². The first-order chi connectivity index (χ1) is 7.65. The summed E-state index contributed by atoms with van der Waals surface area (Å²) >= 11 is 0. The van der Waals surface area contributed by atoms with E-state index in [9.17, 15) is 0 Å². The molecule has 4 heteroatoms. The second-order valence-corrected chi connectivity index (χ2v) is 4.33. The fraction of sp³-hybridized carbons (Fsp3) is 0.417. The van der Waals surface area contributed by atoms with Crippen LogP contribution in [0.15, 0.2) is 23.0 Å². The van der Waals surface area contributed by atoms with Gasteiger partial charge in [-0.05, 0) is 31.4 Å². The van der Waals surface area contributed by atoms with Gasteiger partial charge in [0.05, 0.1) is 0 Å². The Bertz CT molecular complexity index is 463. The highest BCUT2D eigenvalue weighted by molar-refractivity contribution is 5.53. The van der Waals surface area contributed by atoms with Crippen LogP contribution < -0.4 is 0 Å². The van der Waals surface area contributed by atoms with Crippen molar-refractivity contribution in [3.63, 3.8) is 0 Å². The van der Waals surface area contributed by atoms with Gasteiger partial charge in [-0.2, -0.15) is 4.98 Å². The topological polar surface area (TPSA) is 51.8 Å². The fourth-order valence-electron chi connectivity index (χ4n) is 1.68. The lowest BCUT2D eigenvalue weighted by molar-refractivity contribution is 0.430.